The highest BCUT2D eigenvalue weighted by Crippen LogP contribution is 2.26. The van der Waals surface area contributed by atoms with E-state index in [-0.39, 0.29) is 4.90 Å². The average Bonchev–Trinajstić information content (AvgIpc) is 2.47. The number of benzene rings is 1. The number of nitrogens with two attached hydrogens (primary N) is 1. The largest absolute Gasteiger partial charge is 0.495 e. The van der Waals surface area contributed by atoms with Gasteiger partial charge in [-0.15, -0.1) is 0 Å². The molecule has 0 saturated carbocycles. The van der Waals surface area contributed by atoms with Crippen molar-refractivity contribution in [3.63, 3.8) is 0 Å². The van der Waals surface area contributed by atoms with Crippen molar-refractivity contribution < 1.29 is 13.2 Å². The molecule has 1 fully saturated rings. The first kappa shape index (κ1) is 16.1. The minimum absolute atomic E-state index is 0.0953. The van der Waals surface area contributed by atoms with E-state index in [4.69, 9.17) is 10.5 Å². The first-order chi connectivity index (χ1) is 9.92. The number of nitrogens with one attached hydrogen (secondary N) is 1. The van der Waals surface area contributed by atoms with Crippen LogP contribution >= 0.6 is 0 Å². The molecule has 1 aliphatic heterocycles. The first-order valence-corrected chi connectivity index (χ1v) is 8.52. The topological polar surface area (TPSA) is 84.7 Å². The first-order valence-electron chi connectivity index (χ1n) is 7.04. The normalized spacial score (nSPS) is 17.8. The van der Waals surface area contributed by atoms with Crippen LogP contribution in [-0.4, -0.2) is 47.1 Å². The molecule has 1 aromatic rings. The minimum atomic E-state index is -3.61. The Kier molecular flexibility index (Phi) is 5.08. The van der Waals surface area contributed by atoms with Gasteiger partial charge in [0.15, 0.2) is 0 Å². The lowest BCUT2D eigenvalue weighted by Crippen LogP contribution is -2.37. The second-order valence-corrected chi connectivity index (χ2v) is 7.24. The van der Waals surface area contributed by atoms with Crippen LogP contribution in [0.5, 0.6) is 5.75 Å². The van der Waals surface area contributed by atoms with Gasteiger partial charge in [0.1, 0.15) is 10.6 Å². The van der Waals surface area contributed by atoms with Gasteiger partial charge in [0.25, 0.3) is 0 Å². The zero-order chi connectivity index (χ0) is 15.5. The van der Waals surface area contributed by atoms with Crippen molar-refractivity contribution >= 4 is 15.7 Å². The Morgan fingerprint density at radius 2 is 2.05 bits per heavy atom. The van der Waals surface area contributed by atoms with Crippen LogP contribution in [0.3, 0.4) is 0 Å². The Hall–Kier alpha value is -1.31. The number of nitrogens with zero attached hydrogens (tertiary/aromatic N) is 1. The second kappa shape index (κ2) is 6.64. The van der Waals surface area contributed by atoms with E-state index in [1.54, 1.807) is 12.1 Å². The summed E-state index contributed by atoms with van der Waals surface area (Å²) in [6.07, 6.45) is 2.01. The summed E-state index contributed by atoms with van der Waals surface area (Å²) in [5.41, 5.74) is 6.08. The van der Waals surface area contributed by atoms with Gasteiger partial charge in [-0.25, -0.2) is 13.1 Å². The maximum atomic E-state index is 12.4. The summed E-state index contributed by atoms with van der Waals surface area (Å²) >= 11 is 0. The number of sulfonamides is 1. The molecule has 1 aliphatic rings. The number of piperidine rings is 1. The average molecular weight is 313 g/mol. The molecule has 0 aliphatic carbocycles. The third-order valence-corrected chi connectivity index (χ3v) is 5.32. The van der Waals surface area contributed by atoms with E-state index in [1.165, 1.54) is 13.2 Å². The van der Waals surface area contributed by atoms with Crippen molar-refractivity contribution in [1.82, 2.24) is 9.62 Å². The summed E-state index contributed by atoms with van der Waals surface area (Å²) in [5.74, 6) is 0.683. The highest BCUT2D eigenvalue weighted by molar-refractivity contribution is 7.89. The van der Waals surface area contributed by atoms with E-state index in [0.717, 1.165) is 25.9 Å². The van der Waals surface area contributed by atoms with Gasteiger partial charge in [0.2, 0.25) is 10.0 Å². The lowest BCUT2D eigenvalue weighted by molar-refractivity contribution is 0.220. The molecule has 0 bridgehead atoms. The lowest BCUT2D eigenvalue weighted by Gasteiger charge is -2.28. The molecule has 1 aromatic carbocycles. The minimum Gasteiger partial charge on any atom is -0.495 e. The van der Waals surface area contributed by atoms with Crippen molar-refractivity contribution in [2.24, 2.45) is 5.92 Å². The number of ether oxygens (including phenoxy) is 1. The fraction of sp³-hybridized carbons (Fsp3) is 0.571. The zero-order valence-corrected chi connectivity index (χ0v) is 13.3. The molecule has 0 atom stereocenters. The van der Waals surface area contributed by atoms with Crippen LogP contribution in [0.1, 0.15) is 12.8 Å². The van der Waals surface area contributed by atoms with E-state index < -0.39 is 10.0 Å². The number of hydrogen-bond acceptors (Lipinski definition) is 5. The van der Waals surface area contributed by atoms with Crippen molar-refractivity contribution in [3.8, 4) is 5.75 Å². The zero-order valence-electron chi connectivity index (χ0n) is 12.5. The summed E-state index contributed by atoms with van der Waals surface area (Å²) in [7, 11) is -0.0797. The summed E-state index contributed by atoms with van der Waals surface area (Å²) < 4.78 is 32.6. The Bertz CT molecular complexity index is 581. The van der Waals surface area contributed by atoms with Crippen LogP contribution in [0, 0.1) is 5.92 Å². The van der Waals surface area contributed by atoms with Crippen LogP contribution < -0.4 is 15.2 Å². The van der Waals surface area contributed by atoms with Gasteiger partial charge in [-0.1, -0.05) is 0 Å². The van der Waals surface area contributed by atoms with Crippen LogP contribution in [0.4, 0.5) is 5.69 Å². The number of nitrogen functional groups attached to an aromatic ring is 1. The van der Waals surface area contributed by atoms with Crippen LogP contribution in [0.15, 0.2) is 23.1 Å². The lowest BCUT2D eigenvalue weighted by atomic mass is 9.98. The smallest absolute Gasteiger partial charge is 0.244 e. The molecule has 1 heterocycles. The van der Waals surface area contributed by atoms with Crippen molar-refractivity contribution in [1.29, 1.82) is 0 Å². The second-order valence-electron chi connectivity index (χ2n) is 5.51. The highest BCUT2D eigenvalue weighted by atomic mass is 32.2. The summed E-state index contributed by atoms with van der Waals surface area (Å²) in [6, 6.07) is 4.62. The molecule has 118 valence electrons. The van der Waals surface area contributed by atoms with Crippen molar-refractivity contribution in [2.45, 2.75) is 17.7 Å². The molecule has 21 heavy (non-hydrogen) atoms. The van der Waals surface area contributed by atoms with Gasteiger partial charge in [-0.2, -0.15) is 0 Å². The predicted octanol–water partition coefficient (Wildman–Crippen LogP) is 0.898. The summed E-state index contributed by atoms with van der Waals surface area (Å²) in [5, 5.41) is 0. The van der Waals surface area contributed by atoms with Crippen LogP contribution in [0.2, 0.25) is 0 Å². The fourth-order valence-corrected chi connectivity index (χ4v) is 3.79. The number of rotatable bonds is 5. The van der Waals surface area contributed by atoms with Gasteiger partial charge >= 0.3 is 0 Å². The third kappa shape index (κ3) is 4.09. The molecular weight excluding hydrogens is 290 g/mol. The van der Waals surface area contributed by atoms with Crippen LogP contribution in [-0.2, 0) is 10.0 Å². The highest BCUT2D eigenvalue weighted by Gasteiger charge is 2.23. The molecule has 7 heteroatoms. The quantitative estimate of drug-likeness (QED) is 0.789. The van der Waals surface area contributed by atoms with Crippen molar-refractivity contribution in [2.75, 3.05) is 39.5 Å². The molecule has 6 nitrogen and oxygen atoms in total. The van der Waals surface area contributed by atoms with Gasteiger partial charge in [-0.3, -0.25) is 0 Å². The Balaban J connectivity index is 2.06. The predicted molar refractivity (Wildman–Crippen MR) is 82.8 cm³/mol. The van der Waals surface area contributed by atoms with E-state index in [0.29, 0.717) is 23.9 Å². The molecule has 0 amide bonds. The number of methoxy groups -OCH3 is 1. The van der Waals surface area contributed by atoms with Crippen molar-refractivity contribution in [3.05, 3.63) is 18.2 Å². The van der Waals surface area contributed by atoms with Gasteiger partial charge < -0.3 is 15.4 Å². The molecular formula is C14H23N3O3S. The van der Waals surface area contributed by atoms with E-state index in [2.05, 4.69) is 16.7 Å². The molecule has 1 saturated heterocycles. The molecule has 2 rings (SSSR count). The monoisotopic (exact) mass is 313 g/mol. The molecule has 0 aromatic heterocycles. The summed E-state index contributed by atoms with van der Waals surface area (Å²) in [6.45, 7) is 2.47. The number of likely N-dealkylation sites (tertiary alicyclic amines) is 1. The molecule has 0 radical (unpaired) electrons. The third-order valence-electron chi connectivity index (χ3n) is 3.88. The molecule has 3 N–H and O–H groups in total. The van der Waals surface area contributed by atoms with E-state index in [9.17, 15) is 8.42 Å². The Morgan fingerprint density at radius 3 is 2.67 bits per heavy atom. The molecule has 0 spiro atoms. The number of anilines is 1. The fourth-order valence-electron chi connectivity index (χ4n) is 2.47. The molecule has 0 unspecified atom stereocenters. The van der Waals surface area contributed by atoms with Gasteiger partial charge in [0.05, 0.1) is 7.11 Å². The summed E-state index contributed by atoms with van der Waals surface area (Å²) in [4.78, 5) is 2.35. The Labute approximate surface area is 126 Å². The standard InChI is InChI=1S/C14H23N3O3S/c1-17-7-5-11(6-8-17)10-16-21(18,19)14-9-12(15)3-4-13(14)20-2/h3-4,9,11,16H,5-8,10,15H2,1-2H3. The maximum Gasteiger partial charge on any atom is 0.244 e. The number of hydrogen-bond donors (Lipinski definition) is 2. The van der Waals surface area contributed by atoms with E-state index in [1.807, 2.05) is 0 Å². The van der Waals surface area contributed by atoms with Gasteiger partial charge in [-0.05, 0) is 57.1 Å². The SMILES string of the molecule is COc1ccc(N)cc1S(=O)(=O)NCC1CCN(C)CC1. The maximum absolute atomic E-state index is 12.4. The van der Waals surface area contributed by atoms with Gasteiger partial charge in [0, 0.05) is 12.2 Å². The van der Waals surface area contributed by atoms with Crippen LogP contribution in [0.25, 0.3) is 0 Å². The van der Waals surface area contributed by atoms with E-state index >= 15 is 0 Å². The Morgan fingerprint density at radius 1 is 1.38 bits per heavy atom.